The number of para-hydroxylation sites is 2. The predicted molar refractivity (Wildman–Crippen MR) is 75.6 cm³/mol. The van der Waals surface area contributed by atoms with Crippen LogP contribution in [0.25, 0.3) is 0 Å². The molecule has 0 aromatic heterocycles. The lowest BCUT2D eigenvalue weighted by molar-refractivity contribution is -0.121. The Morgan fingerprint density at radius 3 is 3.00 bits per heavy atom. The third-order valence-corrected chi connectivity index (χ3v) is 3.06. The number of hydrogen-bond acceptors (Lipinski definition) is 4. The van der Waals surface area contributed by atoms with E-state index >= 15 is 0 Å². The third kappa shape index (κ3) is 3.48. The van der Waals surface area contributed by atoms with Gasteiger partial charge in [0, 0.05) is 26.1 Å². The van der Waals surface area contributed by atoms with Gasteiger partial charge in [-0.1, -0.05) is 12.1 Å². The van der Waals surface area contributed by atoms with Crippen LogP contribution in [0.4, 0.5) is 5.69 Å². The van der Waals surface area contributed by atoms with Gasteiger partial charge in [-0.15, -0.1) is 0 Å². The van der Waals surface area contributed by atoms with Crippen LogP contribution in [-0.4, -0.2) is 38.1 Å². The number of nitrogens with two attached hydrogens (primary N) is 1. The van der Waals surface area contributed by atoms with Crippen molar-refractivity contribution in [3.8, 4) is 5.75 Å². The first-order chi connectivity index (χ1) is 9.72. The summed E-state index contributed by atoms with van der Waals surface area (Å²) in [5, 5.41) is 2.77. The molecule has 2 amide bonds. The molecule has 0 bridgehead atoms. The van der Waals surface area contributed by atoms with Gasteiger partial charge in [-0.05, 0) is 18.6 Å². The Hall–Kier alpha value is -2.08. The van der Waals surface area contributed by atoms with Crippen molar-refractivity contribution in [2.75, 3.05) is 31.1 Å². The number of benzene rings is 1. The molecular formula is C14H19N3O3. The average Bonchev–Trinajstić information content (AvgIpc) is 2.45. The zero-order chi connectivity index (χ0) is 14.4. The molecule has 1 aliphatic heterocycles. The van der Waals surface area contributed by atoms with Crippen LogP contribution >= 0.6 is 0 Å². The van der Waals surface area contributed by atoms with Gasteiger partial charge in [0.15, 0.2) is 6.61 Å². The Labute approximate surface area is 117 Å². The first-order valence-corrected chi connectivity index (χ1v) is 6.71. The minimum Gasteiger partial charge on any atom is -0.482 e. The monoisotopic (exact) mass is 277 g/mol. The summed E-state index contributed by atoms with van der Waals surface area (Å²) < 4.78 is 5.37. The Morgan fingerprint density at radius 1 is 1.40 bits per heavy atom. The molecule has 6 heteroatoms. The number of carbonyl (C=O) groups is 2. The molecule has 0 aliphatic carbocycles. The first kappa shape index (κ1) is 14.3. The topological polar surface area (TPSA) is 84.7 Å². The lowest BCUT2D eigenvalue weighted by Crippen LogP contribution is -2.40. The van der Waals surface area contributed by atoms with E-state index in [1.54, 1.807) is 4.90 Å². The fourth-order valence-electron chi connectivity index (χ4n) is 2.08. The second kappa shape index (κ2) is 6.91. The van der Waals surface area contributed by atoms with Crippen molar-refractivity contribution in [3.63, 3.8) is 0 Å². The van der Waals surface area contributed by atoms with Gasteiger partial charge >= 0.3 is 0 Å². The van der Waals surface area contributed by atoms with Gasteiger partial charge in [-0.2, -0.15) is 0 Å². The molecule has 0 saturated carbocycles. The molecule has 0 fully saturated rings. The van der Waals surface area contributed by atoms with E-state index in [9.17, 15) is 9.59 Å². The molecule has 0 unspecified atom stereocenters. The second-order valence-electron chi connectivity index (χ2n) is 4.54. The maximum atomic E-state index is 11.9. The van der Waals surface area contributed by atoms with E-state index in [1.807, 2.05) is 24.3 Å². The van der Waals surface area contributed by atoms with Crippen LogP contribution in [-0.2, 0) is 9.59 Å². The van der Waals surface area contributed by atoms with E-state index in [0.29, 0.717) is 32.5 Å². The summed E-state index contributed by atoms with van der Waals surface area (Å²) in [7, 11) is 0. The summed E-state index contributed by atoms with van der Waals surface area (Å²) in [5.41, 5.74) is 6.08. The fourth-order valence-corrected chi connectivity index (χ4v) is 2.08. The molecule has 1 aliphatic rings. The summed E-state index contributed by atoms with van der Waals surface area (Å²) in [5.74, 6) is 0.609. The Morgan fingerprint density at radius 2 is 2.20 bits per heavy atom. The van der Waals surface area contributed by atoms with Gasteiger partial charge in [0.25, 0.3) is 5.91 Å². The van der Waals surface area contributed by atoms with Crippen LogP contribution in [0.15, 0.2) is 24.3 Å². The van der Waals surface area contributed by atoms with Crippen LogP contribution in [0.2, 0.25) is 0 Å². The molecule has 1 aromatic carbocycles. The number of nitrogens with one attached hydrogen (secondary N) is 1. The SMILES string of the molecule is NCCC(=O)NCCCN1C(=O)COc2ccccc21. The van der Waals surface area contributed by atoms with Gasteiger partial charge in [-0.3, -0.25) is 9.59 Å². The highest BCUT2D eigenvalue weighted by atomic mass is 16.5. The smallest absolute Gasteiger partial charge is 0.265 e. The van der Waals surface area contributed by atoms with Crippen LogP contribution < -0.4 is 20.7 Å². The van der Waals surface area contributed by atoms with E-state index in [0.717, 1.165) is 11.4 Å². The van der Waals surface area contributed by atoms with Crippen molar-refractivity contribution in [2.45, 2.75) is 12.8 Å². The number of carbonyl (C=O) groups excluding carboxylic acids is 2. The van der Waals surface area contributed by atoms with Gasteiger partial charge in [0.2, 0.25) is 5.91 Å². The third-order valence-electron chi connectivity index (χ3n) is 3.06. The van der Waals surface area contributed by atoms with Crippen molar-refractivity contribution < 1.29 is 14.3 Å². The van der Waals surface area contributed by atoms with E-state index in [1.165, 1.54) is 0 Å². The van der Waals surface area contributed by atoms with Crippen molar-refractivity contribution in [1.29, 1.82) is 0 Å². The minimum atomic E-state index is -0.0583. The van der Waals surface area contributed by atoms with E-state index < -0.39 is 0 Å². The molecular weight excluding hydrogens is 258 g/mol. The number of nitrogens with zero attached hydrogens (tertiary/aromatic N) is 1. The van der Waals surface area contributed by atoms with Crippen molar-refractivity contribution in [1.82, 2.24) is 5.32 Å². The predicted octanol–water partition coefficient (Wildman–Crippen LogP) is 0.267. The molecule has 0 radical (unpaired) electrons. The van der Waals surface area contributed by atoms with Gasteiger partial charge in [0.1, 0.15) is 5.75 Å². The average molecular weight is 277 g/mol. The molecule has 0 spiro atoms. The van der Waals surface area contributed by atoms with Crippen LogP contribution in [0, 0.1) is 0 Å². The number of amides is 2. The maximum absolute atomic E-state index is 11.9. The number of ether oxygens (including phenoxy) is 1. The second-order valence-corrected chi connectivity index (χ2v) is 4.54. The van der Waals surface area contributed by atoms with Crippen molar-refractivity contribution >= 4 is 17.5 Å². The summed E-state index contributed by atoms with van der Waals surface area (Å²) in [6, 6.07) is 7.45. The van der Waals surface area contributed by atoms with Crippen molar-refractivity contribution in [3.05, 3.63) is 24.3 Å². The molecule has 20 heavy (non-hydrogen) atoms. The molecule has 6 nitrogen and oxygen atoms in total. The summed E-state index contributed by atoms with van der Waals surface area (Å²) in [4.78, 5) is 24.9. The molecule has 108 valence electrons. The van der Waals surface area contributed by atoms with Crippen LogP contribution in [0.3, 0.4) is 0 Å². The Kier molecular flexibility index (Phi) is 4.95. The van der Waals surface area contributed by atoms with Crippen molar-refractivity contribution in [2.24, 2.45) is 5.73 Å². The highest BCUT2D eigenvalue weighted by molar-refractivity contribution is 5.97. The van der Waals surface area contributed by atoms with Gasteiger partial charge < -0.3 is 20.7 Å². The first-order valence-electron chi connectivity index (χ1n) is 6.71. The highest BCUT2D eigenvalue weighted by Crippen LogP contribution is 2.31. The summed E-state index contributed by atoms with van der Waals surface area (Å²) >= 11 is 0. The molecule has 0 atom stereocenters. The number of anilines is 1. The quantitative estimate of drug-likeness (QED) is 0.731. The Balaban J connectivity index is 1.86. The summed E-state index contributed by atoms with van der Waals surface area (Å²) in [6.07, 6.45) is 1.02. The molecule has 0 saturated heterocycles. The van der Waals surface area contributed by atoms with Gasteiger partial charge in [-0.25, -0.2) is 0 Å². The number of fused-ring (bicyclic) bond motifs is 1. The Bertz CT molecular complexity index is 490. The lowest BCUT2D eigenvalue weighted by Gasteiger charge is -2.29. The fraction of sp³-hybridized carbons (Fsp3) is 0.429. The standard InChI is InChI=1S/C14H19N3O3/c15-7-6-13(18)16-8-3-9-17-11-4-1-2-5-12(11)20-10-14(17)19/h1-2,4-5H,3,6-10,15H2,(H,16,18). The van der Waals surface area contributed by atoms with Crippen LogP contribution in [0.5, 0.6) is 5.75 Å². The van der Waals surface area contributed by atoms with Crippen LogP contribution in [0.1, 0.15) is 12.8 Å². The van der Waals surface area contributed by atoms with E-state index in [-0.39, 0.29) is 18.4 Å². The molecule has 1 heterocycles. The molecule has 3 N–H and O–H groups in total. The molecule has 1 aromatic rings. The molecule has 2 rings (SSSR count). The normalized spacial score (nSPS) is 13.7. The minimum absolute atomic E-state index is 0.0544. The lowest BCUT2D eigenvalue weighted by atomic mass is 10.2. The van der Waals surface area contributed by atoms with E-state index in [4.69, 9.17) is 10.5 Å². The number of hydrogen-bond donors (Lipinski definition) is 2. The highest BCUT2D eigenvalue weighted by Gasteiger charge is 2.24. The summed E-state index contributed by atoms with van der Waals surface area (Å²) in [6.45, 7) is 1.51. The zero-order valence-electron chi connectivity index (χ0n) is 11.3. The van der Waals surface area contributed by atoms with Gasteiger partial charge in [0.05, 0.1) is 5.69 Å². The zero-order valence-corrected chi connectivity index (χ0v) is 11.3. The van der Waals surface area contributed by atoms with E-state index in [2.05, 4.69) is 5.32 Å². The largest absolute Gasteiger partial charge is 0.482 e. The maximum Gasteiger partial charge on any atom is 0.265 e. The number of rotatable bonds is 6.